The van der Waals surface area contributed by atoms with E-state index in [1.165, 1.54) is 0 Å². The smallest absolute Gasteiger partial charge is 0.322 e. The fraction of sp³-hybridized carbons (Fsp3) is 0.320. The topological polar surface area (TPSA) is 89.7 Å². The normalized spacial score (nSPS) is 17.3. The summed E-state index contributed by atoms with van der Waals surface area (Å²) in [4.78, 5) is 19.5. The van der Waals surface area contributed by atoms with Crippen LogP contribution in [0.1, 0.15) is 50.6 Å². The van der Waals surface area contributed by atoms with E-state index in [0.29, 0.717) is 34.8 Å². The van der Waals surface area contributed by atoms with Crippen LogP contribution in [0.25, 0.3) is 17.0 Å². The molecule has 1 N–H and O–H groups in total. The van der Waals surface area contributed by atoms with Gasteiger partial charge in [0.2, 0.25) is 12.6 Å². The number of allylic oxidation sites excluding steroid dienone is 1. The van der Waals surface area contributed by atoms with Crippen LogP contribution < -0.4 is 14.8 Å². The Morgan fingerprint density at radius 1 is 1.15 bits per heavy atom. The van der Waals surface area contributed by atoms with E-state index in [1.807, 2.05) is 43.3 Å². The zero-order valence-electron chi connectivity index (χ0n) is 19.0. The summed E-state index contributed by atoms with van der Waals surface area (Å²) in [5.74, 6) is 2.09. The SMILES string of the molecule is CCCCCN1C(=O)NC(c2cccc(Cl)c2)C(c2nc(-c3ccc4c(c3)OCO4)no2)=C1C. The van der Waals surface area contributed by atoms with Crippen LogP contribution in [0.5, 0.6) is 11.5 Å². The number of hydrogen-bond donors (Lipinski definition) is 1. The first-order valence-corrected chi connectivity index (χ1v) is 11.7. The highest BCUT2D eigenvalue weighted by Crippen LogP contribution is 2.39. The summed E-state index contributed by atoms with van der Waals surface area (Å²) in [6.07, 6.45) is 3.01. The van der Waals surface area contributed by atoms with Crippen molar-refractivity contribution in [1.82, 2.24) is 20.4 Å². The number of aromatic nitrogens is 2. The maximum atomic E-state index is 13.0. The van der Waals surface area contributed by atoms with E-state index in [0.717, 1.165) is 41.7 Å². The molecule has 2 amide bonds. The molecule has 0 saturated heterocycles. The number of nitrogens with one attached hydrogen (secondary N) is 1. The summed E-state index contributed by atoms with van der Waals surface area (Å²) in [5, 5.41) is 7.90. The summed E-state index contributed by atoms with van der Waals surface area (Å²) in [6.45, 7) is 4.86. The second kappa shape index (κ2) is 9.38. The van der Waals surface area contributed by atoms with Crippen molar-refractivity contribution in [3.05, 3.63) is 64.6 Å². The lowest BCUT2D eigenvalue weighted by molar-refractivity contribution is 0.174. The highest BCUT2D eigenvalue weighted by atomic mass is 35.5. The molecule has 9 heteroatoms. The van der Waals surface area contributed by atoms with Gasteiger partial charge in [-0.3, -0.25) is 4.90 Å². The van der Waals surface area contributed by atoms with E-state index in [9.17, 15) is 4.79 Å². The lowest BCUT2D eigenvalue weighted by Crippen LogP contribution is -2.46. The predicted molar refractivity (Wildman–Crippen MR) is 127 cm³/mol. The number of halogens is 1. The van der Waals surface area contributed by atoms with Crippen molar-refractivity contribution in [1.29, 1.82) is 0 Å². The van der Waals surface area contributed by atoms with Gasteiger partial charge in [0, 0.05) is 22.8 Å². The molecule has 2 aromatic carbocycles. The van der Waals surface area contributed by atoms with Gasteiger partial charge in [-0.25, -0.2) is 4.79 Å². The number of rotatable bonds is 7. The Morgan fingerprint density at radius 3 is 2.82 bits per heavy atom. The minimum absolute atomic E-state index is 0.155. The Hall–Kier alpha value is -3.52. The van der Waals surface area contributed by atoms with E-state index >= 15 is 0 Å². The van der Waals surface area contributed by atoms with E-state index in [4.69, 9.17) is 30.6 Å². The molecule has 3 heterocycles. The van der Waals surface area contributed by atoms with Gasteiger partial charge in [-0.2, -0.15) is 4.98 Å². The van der Waals surface area contributed by atoms with Crippen molar-refractivity contribution in [3.8, 4) is 22.9 Å². The number of carbonyl (C=O) groups is 1. The second-order valence-electron chi connectivity index (χ2n) is 8.29. The molecule has 8 nitrogen and oxygen atoms in total. The molecule has 1 aromatic heterocycles. The zero-order valence-corrected chi connectivity index (χ0v) is 19.8. The van der Waals surface area contributed by atoms with Crippen molar-refractivity contribution in [2.45, 2.75) is 39.2 Å². The fourth-order valence-electron chi connectivity index (χ4n) is 4.27. The molecule has 2 aliphatic heterocycles. The molecule has 0 saturated carbocycles. The van der Waals surface area contributed by atoms with Gasteiger partial charge in [-0.05, 0) is 49.2 Å². The van der Waals surface area contributed by atoms with Crippen LogP contribution in [0.2, 0.25) is 5.02 Å². The Balaban J connectivity index is 1.55. The summed E-state index contributed by atoms with van der Waals surface area (Å²) < 4.78 is 16.6. The van der Waals surface area contributed by atoms with Crippen molar-refractivity contribution in [2.24, 2.45) is 0 Å². The standard InChI is InChI=1S/C25H25ClN4O4/c1-3-4-5-11-30-15(2)21(22(27-25(30)31)16-7-6-8-18(26)12-16)24-28-23(29-34-24)17-9-10-19-20(13-17)33-14-32-19/h6-10,12-13,22H,3-5,11,14H2,1-2H3,(H,27,31). The van der Waals surface area contributed by atoms with Crippen molar-refractivity contribution < 1.29 is 18.8 Å². The number of urea groups is 1. The average molecular weight is 481 g/mol. The van der Waals surface area contributed by atoms with Crippen LogP contribution in [0.3, 0.4) is 0 Å². The maximum Gasteiger partial charge on any atom is 0.322 e. The predicted octanol–water partition coefficient (Wildman–Crippen LogP) is 5.81. The number of unbranched alkanes of at least 4 members (excludes halogenated alkanes) is 2. The largest absolute Gasteiger partial charge is 0.454 e. The maximum absolute atomic E-state index is 13.0. The number of ether oxygens (including phenoxy) is 2. The third-order valence-electron chi connectivity index (χ3n) is 6.05. The van der Waals surface area contributed by atoms with E-state index in [2.05, 4.69) is 17.4 Å². The van der Waals surface area contributed by atoms with Crippen molar-refractivity contribution in [2.75, 3.05) is 13.3 Å². The molecule has 0 fully saturated rings. The summed E-state index contributed by atoms with van der Waals surface area (Å²) in [5.41, 5.74) is 3.12. The first kappa shape index (κ1) is 22.3. The molecule has 5 rings (SSSR count). The Labute approximate surface area is 202 Å². The fourth-order valence-corrected chi connectivity index (χ4v) is 4.47. The molecule has 3 aromatic rings. The van der Waals surface area contributed by atoms with E-state index in [1.54, 1.807) is 11.0 Å². The van der Waals surface area contributed by atoms with Gasteiger partial charge in [0.05, 0.1) is 11.6 Å². The number of carbonyl (C=O) groups excluding carboxylic acids is 1. The molecule has 0 bridgehead atoms. The molecular weight excluding hydrogens is 456 g/mol. The zero-order chi connectivity index (χ0) is 23.7. The molecule has 2 aliphatic rings. The van der Waals surface area contributed by atoms with Gasteiger partial charge in [0.25, 0.3) is 5.89 Å². The second-order valence-corrected chi connectivity index (χ2v) is 8.72. The van der Waals surface area contributed by atoms with Crippen LogP contribution in [0.15, 0.2) is 52.7 Å². The van der Waals surface area contributed by atoms with Gasteiger partial charge in [0.1, 0.15) is 0 Å². The average Bonchev–Trinajstić information content (AvgIpc) is 3.50. The molecule has 176 valence electrons. The van der Waals surface area contributed by atoms with Gasteiger partial charge < -0.3 is 19.3 Å². The minimum Gasteiger partial charge on any atom is -0.454 e. The van der Waals surface area contributed by atoms with Crippen molar-refractivity contribution in [3.63, 3.8) is 0 Å². The molecule has 34 heavy (non-hydrogen) atoms. The minimum atomic E-state index is -0.473. The first-order valence-electron chi connectivity index (χ1n) is 11.3. The van der Waals surface area contributed by atoms with Gasteiger partial charge in [0.15, 0.2) is 11.5 Å². The molecule has 0 spiro atoms. The number of benzene rings is 2. The molecular formula is C25H25ClN4O4. The monoisotopic (exact) mass is 480 g/mol. The van der Waals surface area contributed by atoms with E-state index in [-0.39, 0.29) is 12.8 Å². The summed E-state index contributed by atoms with van der Waals surface area (Å²) in [6, 6.07) is 12.3. The number of fused-ring (bicyclic) bond motifs is 1. The number of amides is 2. The molecule has 0 aliphatic carbocycles. The Morgan fingerprint density at radius 2 is 2.00 bits per heavy atom. The first-order chi connectivity index (χ1) is 16.5. The molecule has 1 unspecified atom stereocenters. The molecule has 0 radical (unpaired) electrons. The van der Waals surface area contributed by atoms with Crippen LogP contribution in [0, 0.1) is 0 Å². The van der Waals surface area contributed by atoms with Crippen LogP contribution >= 0.6 is 11.6 Å². The lowest BCUT2D eigenvalue weighted by atomic mass is 9.94. The summed E-state index contributed by atoms with van der Waals surface area (Å²) in [7, 11) is 0. The summed E-state index contributed by atoms with van der Waals surface area (Å²) >= 11 is 6.26. The Kier molecular flexibility index (Phi) is 6.15. The lowest BCUT2D eigenvalue weighted by Gasteiger charge is -2.35. The highest BCUT2D eigenvalue weighted by Gasteiger charge is 2.35. The number of nitrogens with zero attached hydrogens (tertiary/aromatic N) is 3. The van der Waals surface area contributed by atoms with Gasteiger partial charge in [-0.15, -0.1) is 0 Å². The van der Waals surface area contributed by atoms with Crippen LogP contribution in [-0.4, -0.2) is 34.4 Å². The quantitative estimate of drug-likeness (QED) is 0.429. The number of hydrogen-bond acceptors (Lipinski definition) is 6. The highest BCUT2D eigenvalue weighted by molar-refractivity contribution is 6.30. The van der Waals surface area contributed by atoms with Crippen molar-refractivity contribution >= 4 is 23.2 Å². The molecule has 1 atom stereocenters. The van der Waals surface area contributed by atoms with E-state index < -0.39 is 6.04 Å². The van der Waals surface area contributed by atoms with Crippen LogP contribution in [-0.2, 0) is 0 Å². The third kappa shape index (κ3) is 4.21. The van der Waals surface area contributed by atoms with Crippen LogP contribution in [0.4, 0.5) is 4.79 Å². The van der Waals surface area contributed by atoms with Gasteiger partial charge in [-0.1, -0.05) is 48.7 Å². The Bertz CT molecular complexity index is 1260. The third-order valence-corrected chi connectivity index (χ3v) is 6.29. The van der Waals surface area contributed by atoms with Gasteiger partial charge >= 0.3 is 6.03 Å².